The highest BCUT2D eigenvalue weighted by molar-refractivity contribution is 6.17. The molecule has 0 radical (unpaired) electrons. The second-order valence-corrected chi connectivity index (χ2v) is 7.22. The Balaban J connectivity index is 1.75. The van der Waals surface area contributed by atoms with Crippen molar-refractivity contribution < 1.29 is 0 Å². The van der Waals surface area contributed by atoms with Crippen LogP contribution in [-0.2, 0) is 0 Å². The highest BCUT2D eigenvalue weighted by atomic mass is 14.7. The molecule has 0 unspecified atom stereocenters. The lowest BCUT2D eigenvalue weighted by atomic mass is 9.94. The SMILES string of the molecule is c1ccc(-c2cc(-c3ccccc3)c3c(n2)-c2cccc4cccc-3c24)cc1. The maximum absolute atomic E-state index is 5.15. The third-order valence-electron chi connectivity index (χ3n) is 5.60. The third kappa shape index (κ3) is 2.17. The van der Waals surface area contributed by atoms with E-state index < -0.39 is 0 Å². The van der Waals surface area contributed by atoms with Gasteiger partial charge in [-0.3, -0.25) is 0 Å². The molecule has 1 heteroatoms. The second-order valence-electron chi connectivity index (χ2n) is 7.22. The van der Waals surface area contributed by atoms with Gasteiger partial charge in [0.1, 0.15) is 0 Å². The van der Waals surface area contributed by atoms with E-state index in [1.807, 2.05) is 6.07 Å². The van der Waals surface area contributed by atoms with Crippen LogP contribution in [0.3, 0.4) is 0 Å². The minimum atomic E-state index is 1.02. The fraction of sp³-hybridized carbons (Fsp3) is 0. The van der Waals surface area contributed by atoms with Crippen LogP contribution in [0.15, 0.2) is 103 Å². The van der Waals surface area contributed by atoms with E-state index in [1.165, 1.54) is 38.6 Å². The summed E-state index contributed by atoms with van der Waals surface area (Å²) >= 11 is 0. The van der Waals surface area contributed by atoms with Crippen LogP contribution in [-0.4, -0.2) is 4.98 Å². The topological polar surface area (TPSA) is 12.9 Å². The number of hydrogen-bond acceptors (Lipinski definition) is 1. The van der Waals surface area contributed by atoms with Gasteiger partial charge in [0.2, 0.25) is 0 Å². The molecule has 0 amide bonds. The summed E-state index contributed by atoms with van der Waals surface area (Å²) in [7, 11) is 0. The largest absolute Gasteiger partial charge is 0.247 e. The molecule has 0 saturated heterocycles. The van der Waals surface area contributed by atoms with Crippen LogP contribution in [0.2, 0.25) is 0 Å². The predicted molar refractivity (Wildman–Crippen MR) is 117 cm³/mol. The Morgan fingerprint density at radius 2 is 1.14 bits per heavy atom. The number of benzene rings is 4. The number of fused-ring (bicyclic) bond motifs is 3. The van der Waals surface area contributed by atoms with Crippen molar-refractivity contribution in [3.05, 3.63) is 103 Å². The van der Waals surface area contributed by atoms with E-state index in [0.29, 0.717) is 0 Å². The maximum atomic E-state index is 5.15. The number of rotatable bonds is 2. The molecular weight excluding hydrogens is 338 g/mol. The Morgan fingerprint density at radius 3 is 1.86 bits per heavy atom. The summed E-state index contributed by atoms with van der Waals surface area (Å²) in [6.07, 6.45) is 0. The quantitative estimate of drug-likeness (QED) is 0.319. The summed E-state index contributed by atoms with van der Waals surface area (Å²) in [6, 6.07) is 36.4. The summed E-state index contributed by atoms with van der Waals surface area (Å²) in [4.78, 5) is 5.15. The van der Waals surface area contributed by atoms with Crippen LogP contribution in [0.5, 0.6) is 0 Å². The molecule has 1 heterocycles. The summed E-state index contributed by atoms with van der Waals surface area (Å²) in [5.74, 6) is 0. The minimum Gasteiger partial charge on any atom is -0.247 e. The van der Waals surface area contributed by atoms with E-state index in [4.69, 9.17) is 4.98 Å². The van der Waals surface area contributed by atoms with Gasteiger partial charge in [0.25, 0.3) is 0 Å². The molecule has 1 nitrogen and oxygen atoms in total. The van der Waals surface area contributed by atoms with Crippen LogP contribution in [0.1, 0.15) is 0 Å². The molecule has 0 N–H and O–H groups in total. The highest BCUT2D eigenvalue weighted by Gasteiger charge is 2.26. The Labute approximate surface area is 163 Å². The molecule has 0 fully saturated rings. The first-order chi connectivity index (χ1) is 13.9. The maximum Gasteiger partial charge on any atom is 0.0800 e. The van der Waals surface area contributed by atoms with Gasteiger partial charge in [0.15, 0.2) is 0 Å². The van der Waals surface area contributed by atoms with Gasteiger partial charge in [0, 0.05) is 16.7 Å². The normalized spacial score (nSPS) is 11.6. The summed E-state index contributed by atoms with van der Waals surface area (Å²) in [5, 5.41) is 2.59. The van der Waals surface area contributed by atoms with E-state index in [1.54, 1.807) is 0 Å². The molecule has 0 spiro atoms. The fourth-order valence-electron chi connectivity index (χ4n) is 4.36. The van der Waals surface area contributed by atoms with Gasteiger partial charge >= 0.3 is 0 Å². The van der Waals surface area contributed by atoms with E-state index in [-0.39, 0.29) is 0 Å². The molecule has 1 aliphatic carbocycles. The van der Waals surface area contributed by atoms with Crippen LogP contribution < -0.4 is 0 Å². The van der Waals surface area contributed by atoms with Crippen LogP contribution >= 0.6 is 0 Å². The van der Waals surface area contributed by atoms with E-state index in [2.05, 4.69) is 97.1 Å². The molecule has 1 aromatic heterocycles. The highest BCUT2D eigenvalue weighted by Crippen LogP contribution is 2.50. The zero-order chi connectivity index (χ0) is 18.5. The van der Waals surface area contributed by atoms with Crippen molar-refractivity contribution in [2.45, 2.75) is 0 Å². The average molecular weight is 355 g/mol. The van der Waals surface area contributed by atoms with Crippen molar-refractivity contribution in [3.63, 3.8) is 0 Å². The van der Waals surface area contributed by atoms with Crippen LogP contribution in [0.25, 0.3) is 55.5 Å². The van der Waals surface area contributed by atoms with Gasteiger partial charge < -0.3 is 0 Å². The lowest BCUT2D eigenvalue weighted by Gasteiger charge is -2.13. The number of pyridine rings is 1. The lowest BCUT2D eigenvalue weighted by molar-refractivity contribution is 1.34. The molecule has 0 saturated carbocycles. The molecule has 0 aliphatic heterocycles. The Hall–Kier alpha value is -3.71. The average Bonchev–Trinajstić information content (AvgIpc) is 3.10. The summed E-state index contributed by atoms with van der Waals surface area (Å²) < 4.78 is 0. The fourth-order valence-corrected chi connectivity index (χ4v) is 4.36. The van der Waals surface area contributed by atoms with Gasteiger partial charge in [-0.05, 0) is 33.5 Å². The predicted octanol–water partition coefficient (Wildman–Crippen LogP) is 7.22. The molecule has 130 valence electrons. The smallest absolute Gasteiger partial charge is 0.0800 e. The standard InChI is InChI=1S/C27H17N/c1-3-9-18(10-4-1)23-17-24(19-11-5-2-6-12-19)28-27-22-16-8-14-20-13-7-15-21(25(20)22)26(23)27/h1-17H. The van der Waals surface area contributed by atoms with E-state index >= 15 is 0 Å². The Morgan fingerprint density at radius 1 is 0.500 bits per heavy atom. The minimum absolute atomic E-state index is 1.02. The molecule has 4 aromatic carbocycles. The van der Waals surface area contributed by atoms with Crippen molar-refractivity contribution in [2.75, 3.05) is 0 Å². The zero-order valence-corrected chi connectivity index (χ0v) is 15.3. The van der Waals surface area contributed by atoms with Gasteiger partial charge in [-0.25, -0.2) is 4.98 Å². The van der Waals surface area contributed by atoms with Gasteiger partial charge in [-0.15, -0.1) is 0 Å². The summed E-state index contributed by atoms with van der Waals surface area (Å²) in [6.45, 7) is 0. The van der Waals surface area contributed by atoms with Crippen molar-refractivity contribution in [3.8, 4) is 44.8 Å². The molecular formula is C27H17N. The summed E-state index contributed by atoms with van der Waals surface area (Å²) in [5.41, 5.74) is 9.49. The second kappa shape index (κ2) is 5.90. The first-order valence-corrected chi connectivity index (χ1v) is 9.58. The molecule has 5 aromatic rings. The molecule has 1 aliphatic rings. The number of nitrogens with zero attached hydrogens (tertiary/aromatic N) is 1. The Bertz CT molecular complexity index is 1330. The van der Waals surface area contributed by atoms with Gasteiger partial charge in [0.05, 0.1) is 11.4 Å². The van der Waals surface area contributed by atoms with Gasteiger partial charge in [-0.2, -0.15) is 0 Å². The molecule has 0 atom stereocenters. The monoisotopic (exact) mass is 355 g/mol. The van der Waals surface area contributed by atoms with Crippen molar-refractivity contribution in [2.24, 2.45) is 0 Å². The van der Waals surface area contributed by atoms with Crippen molar-refractivity contribution in [1.29, 1.82) is 0 Å². The van der Waals surface area contributed by atoms with Crippen molar-refractivity contribution in [1.82, 2.24) is 4.98 Å². The van der Waals surface area contributed by atoms with E-state index in [9.17, 15) is 0 Å². The number of aromatic nitrogens is 1. The number of hydrogen-bond donors (Lipinski definition) is 0. The third-order valence-corrected chi connectivity index (χ3v) is 5.60. The first-order valence-electron chi connectivity index (χ1n) is 9.58. The molecule has 0 bridgehead atoms. The molecule has 28 heavy (non-hydrogen) atoms. The lowest BCUT2D eigenvalue weighted by Crippen LogP contribution is -1.92. The Kier molecular flexibility index (Phi) is 3.24. The van der Waals surface area contributed by atoms with Crippen molar-refractivity contribution >= 4 is 10.8 Å². The van der Waals surface area contributed by atoms with Gasteiger partial charge in [-0.1, -0.05) is 97.1 Å². The van der Waals surface area contributed by atoms with Crippen LogP contribution in [0, 0.1) is 0 Å². The van der Waals surface area contributed by atoms with E-state index in [0.717, 1.165) is 17.0 Å². The first kappa shape index (κ1) is 15.4. The van der Waals surface area contributed by atoms with Crippen LogP contribution in [0.4, 0.5) is 0 Å². The molecule has 6 rings (SSSR count). The zero-order valence-electron chi connectivity index (χ0n) is 15.3.